The van der Waals surface area contributed by atoms with Crippen molar-refractivity contribution in [2.45, 2.75) is 58.0 Å². The smallest absolute Gasteiger partial charge is 0.154 e. The Labute approximate surface area is 108 Å². The average molecular weight is 250 g/mol. The van der Waals surface area contributed by atoms with E-state index in [4.69, 9.17) is 5.73 Å². The highest BCUT2D eigenvalue weighted by Gasteiger charge is 2.15. The van der Waals surface area contributed by atoms with Gasteiger partial charge in [-0.25, -0.2) is 4.68 Å². The number of rotatable bonds is 6. The van der Waals surface area contributed by atoms with Crippen LogP contribution < -0.4 is 5.73 Å². The van der Waals surface area contributed by atoms with Crippen LogP contribution in [0.25, 0.3) is 0 Å². The van der Waals surface area contributed by atoms with Crippen molar-refractivity contribution in [1.29, 1.82) is 0 Å². The number of Topliss-reactive ketones (excluding diaryl/α,β-unsaturated/α-hetero) is 1. The normalized spacial score (nSPS) is 16.9. The van der Waals surface area contributed by atoms with Crippen LogP contribution in [0.4, 0.5) is 0 Å². The van der Waals surface area contributed by atoms with Crippen molar-refractivity contribution in [1.82, 2.24) is 15.0 Å². The molecule has 0 aromatic carbocycles. The standard InChI is InChI=1S/C13H22N4O/c14-8-12-9-17(16-15-12)10-13(18)7-6-11-4-2-1-3-5-11/h9,11H,1-8,10,14H2. The van der Waals surface area contributed by atoms with Crippen LogP contribution in [0, 0.1) is 5.92 Å². The second-order valence-electron chi connectivity index (χ2n) is 5.19. The lowest BCUT2D eigenvalue weighted by atomic mass is 9.86. The number of hydrogen-bond acceptors (Lipinski definition) is 4. The first-order valence-electron chi connectivity index (χ1n) is 6.88. The lowest BCUT2D eigenvalue weighted by Crippen LogP contribution is -2.13. The van der Waals surface area contributed by atoms with Crippen molar-refractivity contribution in [2.75, 3.05) is 0 Å². The van der Waals surface area contributed by atoms with Crippen LogP contribution in [-0.2, 0) is 17.9 Å². The Bertz CT molecular complexity index is 382. The third-order valence-electron chi connectivity index (χ3n) is 3.69. The number of hydrogen-bond donors (Lipinski definition) is 1. The summed E-state index contributed by atoms with van der Waals surface area (Å²) >= 11 is 0. The fraction of sp³-hybridized carbons (Fsp3) is 0.769. The molecule has 2 N–H and O–H groups in total. The molecule has 2 rings (SSSR count). The molecule has 1 fully saturated rings. The highest BCUT2D eigenvalue weighted by Crippen LogP contribution is 2.27. The van der Waals surface area contributed by atoms with Gasteiger partial charge in [0, 0.05) is 13.0 Å². The molecule has 0 radical (unpaired) electrons. The van der Waals surface area contributed by atoms with E-state index in [1.807, 2.05) is 0 Å². The second-order valence-corrected chi connectivity index (χ2v) is 5.19. The summed E-state index contributed by atoms with van der Waals surface area (Å²) in [5, 5.41) is 7.76. The molecule has 100 valence electrons. The molecule has 0 spiro atoms. The van der Waals surface area contributed by atoms with E-state index in [9.17, 15) is 4.79 Å². The summed E-state index contributed by atoms with van der Waals surface area (Å²) in [6.07, 6.45) is 10.1. The monoisotopic (exact) mass is 250 g/mol. The van der Waals surface area contributed by atoms with Crippen molar-refractivity contribution in [3.63, 3.8) is 0 Å². The van der Waals surface area contributed by atoms with E-state index in [1.165, 1.54) is 32.1 Å². The summed E-state index contributed by atoms with van der Waals surface area (Å²) in [4.78, 5) is 11.8. The third kappa shape index (κ3) is 3.91. The number of carbonyl (C=O) groups is 1. The van der Waals surface area contributed by atoms with E-state index in [0.717, 1.165) is 18.0 Å². The molecule has 0 saturated heterocycles. The van der Waals surface area contributed by atoms with Gasteiger partial charge in [0.15, 0.2) is 5.78 Å². The summed E-state index contributed by atoms with van der Waals surface area (Å²) < 4.78 is 1.59. The molecule has 1 aromatic rings. The van der Waals surface area contributed by atoms with Gasteiger partial charge in [0.2, 0.25) is 0 Å². The van der Waals surface area contributed by atoms with E-state index < -0.39 is 0 Å². The molecular formula is C13H22N4O. The van der Waals surface area contributed by atoms with E-state index in [2.05, 4.69) is 10.3 Å². The molecule has 18 heavy (non-hydrogen) atoms. The molecule has 0 bridgehead atoms. The van der Waals surface area contributed by atoms with Crippen LogP contribution in [0.3, 0.4) is 0 Å². The van der Waals surface area contributed by atoms with Crippen LogP contribution in [0.5, 0.6) is 0 Å². The first kappa shape index (κ1) is 13.2. The molecule has 0 unspecified atom stereocenters. The average Bonchev–Trinajstić information content (AvgIpc) is 2.85. The highest BCUT2D eigenvalue weighted by molar-refractivity contribution is 5.78. The zero-order valence-electron chi connectivity index (χ0n) is 10.8. The summed E-state index contributed by atoms with van der Waals surface area (Å²) in [5.74, 6) is 1.01. The molecule has 0 aliphatic heterocycles. The SMILES string of the molecule is NCc1cn(CC(=O)CCC2CCCCC2)nn1. The number of nitrogens with zero attached hydrogens (tertiary/aromatic N) is 3. The minimum atomic E-state index is 0.244. The first-order chi connectivity index (χ1) is 8.78. The Morgan fingerprint density at radius 2 is 2.17 bits per heavy atom. The summed E-state index contributed by atoms with van der Waals surface area (Å²) in [6, 6.07) is 0. The summed E-state index contributed by atoms with van der Waals surface area (Å²) in [6.45, 7) is 0.704. The fourth-order valence-corrected chi connectivity index (χ4v) is 2.61. The molecule has 1 aliphatic carbocycles. The minimum absolute atomic E-state index is 0.244. The maximum absolute atomic E-state index is 11.8. The molecule has 5 heteroatoms. The van der Waals surface area contributed by atoms with Crippen molar-refractivity contribution in [3.8, 4) is 0 Å². The lowest BCUT2D eigenvalue weighted by Gasteiger charge is -2.20. The van der Waals surface area contributed by atoms with Gasteiger partial charge in [0.05, 0.1) is 11.9 Å². The summed E-state index contributed by atoms with van der Waals surface area (Å²) in [7, 11) is 0. The predicted octanol–water partition coefficient (Wildman–Crippen LogP) is 1.67. The molecule has 5 nitrogen and oxygen atoms in total. The van der Waals surface area contributed by atoms with Crippen LogP contribution in [-0.4, -0.2) is 20.8 Å². The van der Waals surface area contributed by atoms with Gasteiger partial charge in [-0.3, -0.25) is 4.79 Å². The molecule has 0 amide bonds. The minimum Gasteiger partial charge on any atom is -0.325 e. The predicted molar refractivity (Wildman–Crippen MR) is 68.7 cm³/mol. The van der Waals surface area contributed by atoms with Gasteiger partial charge in [-0.05, 0) is 12.3 Å². The molecule has 0 atom stereocenters. The Kier molecular flexibility index (Phi) is 4.87. The van der Waals surface area contributed by atoms with Gasteiger partial charge in [-0.2, -0.15) is 0 Å². The maximum atomic E-state index is 11.8. The van der Waals surface area contributed by atoms with E-state index >= 15 is 0 Å². The molecule has 1 aliphatic rings. The Balaban J connectivity index is 1.71. The van der Waals surface area contributed by atoms with Crippen molar-refractivity contribution >= 4 is 5.78 Å². The Hall–Kier alpha value is -1.23. The molecular weight excluding hydrogens is 228 g/mol. The quantitative estimate of drug-likeness (QED) is 0.833. The van der Waals surface area contributed by atoms with Gasteiger partial charge in [-0.15, -0.1) is 5.10 Å². The van der Waals surface area contributed by atoms with Gasteiger partial charge in [0.25, 0.3) is 0 Å². The fourth-order valence-electron chi connectivity index (χ4n) is 2.61. The van der Waals surface area contributed by atoms with Crippen LogP contribution >= 0.6 is 0 Å². The van der Waals surface area contributed by atoms with Gasteiger partial charge in [0.1, 0.15) is 6.54 Å². The van der Waals surface area contributed by atoms with Crippen molar-refractivity contribution < 1.29 is 4.79 Å². The number of aromatic nitrogens is 3. The van der Waals surface area contributed by atoms with E-state index in [-0.39, 0.29) is 5.78 Å². The van der Waals surface area contributed by atoms with Gasteiger partial charge in [-0.1, -0.05) is 37.3 Å². The molecule has 1 heterocycles. The number of ketones is 1. The van der Waals surface area contributed by atoms with Crippen LogP contribution in [0.15, 0.2) is 6.20 Å². The van der Waals surface area contributed by atoms with Gasteiger partial charge >= 0.3 is 0 Å². The van der Waals surface area contributed by atoms with E-state index in [1.54, 1.807) is 10.9 Å². The second kappa shape index (κ2) is 6.64. The Morgan fingerprint density at radius 1 is 1.39 bits per heavy atom. The van der Waals surface area contributed by atoms with Gasteiger partial charge < -0.3 is 5.73 Å². The van der Waals surface area contributed by atoms with E-state index in [0.29, 0.717) is 19.5 Å². The third-order valence-corrected chi connectivity index (χ3v) is 3.69. The van der Waals surface area contributed by atoms with Crippen molar-refractivity contribution in [2.24, 2.45) is 11.7 Å². The summed E-state index contributed by atoms with van der Waals surface area (Å²) in [5.41, 5.74) is 6.18. The topological polar surface area (TPSA) is 73.8 Å². The first-order valence-corrected chi connectivity index (χ1v) is 6.88. The lowest BCUT2D eigenvalue weighted by molar-refractivity contribution is -0.120. The molecule has 1 aromatic heterocycles. The van der Waals surface area contributed by atoms with Crippen LogP contribution in [0.2, 0.25) is 0 Å². The molecule has 1 saturated carbocycles. The highest BCUT2D eigenvalue weighted by atomic mass is 16.1. The van der Waals surface area contributed by atoms with Crippen molar-refractivity contribution in [3.05, 3.63) is 11.9 Å². The zero-order chi connectivity index (χ0) is 12.8. The zero-order valence-corrected chi connectivity index (χ0v) is 10.8. The maximum Gasteiger partial charge on any atom is 0.154 e. The van der Waals surface area contributed by atoms with Crippen LogP contribution in [0.1, 0.15) is 50.6 Å². The number of carbonyl (C=O) groups excluding carboxylic acids is 1. The number of nitrogens with two attached hydrogens (primary N) is 1. The largest absolute Gasteiger partial charge is 0.325 e. The Morgan fingerprint density at radius 3 is 2.83 bits per heavy atom.